The van der Waals surface area contributed by atoms with Gasteiger partial charge in [0.25, 0.3) is 0 Å². The molecule has 0 unspecified atom stereocenters. The molecule has 1 aromatic heterocycles. The molecule has 0 fully saturated rings. The number of aromatic nitrogens is 2. The number of ether oxygens (including phenoxy) is 1. The Morgan fingerprint density at radius 2 is 2.19 bits per heavy atom. The third-order valence-electron chi connectivity index (χ3n) is 2.90. The summed E-state index contributed by atoms with van der Waals surface area (Å²) in [7, 11) is 0. The molecule has 112 valence electrons. The van der Waals surface area contributed by atoms with E-state index in [0.29, 0.717) is 11.0 Å². The van der Waals surface area contributed by atoms with E-state index in [9.17, 15) is 4.39 Å². The number of nitrogens with zero attached hydrogens (tertiary/aromatic N) is 2. The van der Waals surface area contributed by atoms with Crippen LogP contribution in [0, 0.1) is 12.7 Å². The van der Waals surface area contributed by atoms with Gasteiger partial charge in [0, 0.05) is 28.5 Å². The molecule has 0 saturated carbocycles. The number of rotatable bonds is 6. The predicted octanol–water partition coefficient (Wildman–Crippen LogP) is 3.98. The summed E-state index contributed by atoms with van der Waals surface area (Å²) in [6.45, 7) is 5.66. The fourth-order valence-electron chi connectivity index (χ4n) is 1.75. The largest absolute Gasteiger partial charge is 0.421 e. The topological polar surface area (TPSA) is 47.0 Å². The highest BCUT2D eigenvalue weighted by Gasteiger charge is 2.09. The molecule has 2 aromatic rings. The Morgan fingerprint density at radius 1 is 1.38 bits per heavy atom. The van der Waals surface area contributed by atoms with Crippen molar-refractivity contribution in [1.29, 1.82) is 0 Å². The molecule has 6 heteroatoms. The molecule has 0 saturated heterocycles. The molecule has 2 rings (SSSR count). The first-order valence-corrected chi connectivity index (χ1v) is 7.55. The van der Waals surface area contributed by atoms with Crippen LogP contribution >= 0.6 is 15.9 Å². The van der Waals surface area contributed by atoms with E-state index in [0.717, 1.165) is 24.2 Å². The van der Waals surface area contributed by atoms with Gasteiger partial charge in [-0.2, -0.15) is 4.98 Å². The van der Waals surface area contributed by atoms with Crippen LogP contribution in [0.4, 0.5) is 4.39 Å². The van der Waals surface area contributed by atoms with Crippen LogP contribution in [0.15, 0.2) is 28.9 Å². The van der Waals surface area contributed by atoms with Crippen LogP contribution in [0.2, 0.25) is 0 Å². The number of nitrogens with one attached hydrogen (secondary N) is 1. The molecule has 1 heterocycles. The van der Waals surface area contributed by atoms with E-state index in [4.69, 9.17) is 4.74 Å². The minimum atomic E-state index is -0.459. The van der Waals surface area contributed by atoms with Gasteiger partial charge in [-0.05, 0) is 38.1 Å². The Hall–Kier alpha value is -1.53. The van der Waals surface area contributed by atoms with Crippen molar-refractivity contribution < 1.29 is 9.13 Å². The third kappa shape index (κ3) is 4.47. The second-order valence-corrected chi connectivity index (χ2v) is 5.53. The van der Waals surface area contributed by atoms with E-state index >= 15 is 0 Å². The molecule has 0 aliphatic carbocycles. The summed E-state index contributed by atoms with van der Waals surface area (Å²) in [5.74, 6) is -0.353. The maximum atomic E-state index is 13.7. The lowest BCUT2D eigenvalue weighted by atomic mass is 10.2. The first-order chi connectivity index (χ1) is 10.1. The van der Waals surface area contributed by atoms with Crippen LogP contribution < -0.4 is 10.1 Å². The summed E-state index contributed by atoms with van der Waals surface area (Å²) in [5, 5.41) is 3.29. The second-order valence-electron chi connectivity index (χ2n) is 4.62. The molecule has 0 amide bonds. The molecule has 0 spiro atoms. The lowest BCUT2D eigenvalue weighted by Crippen LogP contribution is -2.15. The van der Waals surface area contributed by atoms with Crippen LogP contribution in [0.1, 0.15) is 24.6 Å². The number of hydrogen-bond acceptors (Lipinski definition) is 4. The summed E-state index contributed by atoms with van der Waals surface area (Å²) in [6, 6.07) is 4.72. The van der Waals surface area contributed by atoms with Gasteiger partial charge in [0.1, 0.15) is 0 Å². The number of hydrogen-bond donors (Lipinski definition) is 1. The van der Waals surface area contributed by atoms with Crippen molar-refractivity contribution in [2.24, 2.45) is 0 Å². The Kier molecular flexibility index (Phi) is 5.64. The summed E-state index contributed by atoms with van der Waals surface area (Å²) >= 11 is 3.20. The average Bonchev–Trinajstić information content (AvgIpc) is 2.44. The molecule has 21 heavy (non-hydrogen) atoms. The van der Waals surface area contributed by atoms with Gasteiger partial charge in [-0.3, -0.25) is 0 Å². The zero-order valence-electron chi connectivity index (χ0n) is 12.0. The highest BCUT2D eigenvalue weighted by Crippen LogP contribution is 2.25. The molecule has 0 aliphatic rings. The molecule has 1 N–H and O–H groups in total. The van der Waals surface area contributed by atoms with E-state index in [-0.39, 0.29) is 11.8 Å². The fraction of sp³-hybridized carbons (Fsp3) is 0.333. The Morgan fingerprint density at radius 3 is 2.86 bits per heavy atom. The third-order valence-corrected chi connectivity index (χ3v) is 3.39. The fourth-order valence-corrected chi connectivity index (χ4v) is 2.08. The van der Waals surface area contributed by atoms with Crippen molar-refractivity contribution in [1.82, 2.24) is 15.3 Å². The molecule has 4 nitrogen and oxygen atoms in total. The summed E-state index contributed by atoms with van der Waals surface area (Å²) in [6.07, 6.45) is 2.78. The van der Waals surface area contributed by atoms with Crippen LogP contribution in [0.3, 0.4) is 0 Å². The van der Waals surface area contributed by atoms with Gasteiger partial charge in [0.05, 0.1) is 0 Å². The van der Waals surface area contributed by atoms with Crippen molar-refractivity contribution >= 4 is 15.9 Å². The SMILES string of the molecule is CCCNCc1cnc(Oc2ccc(Br)cc2F)nc1C. The van der Waals surface area contributed by atoms with Crippen LogP contribution in [-0.4, -0.2) is 16.5 Å². The van der Waals surface area contributed by atoms with E-state index in [1.807, 2.05) is 6.92 Å². The quantitative estimate of drug-likeness (QED) is 0.798. The predicted molar refractivity (Wildman–Crippen MR) is 82.9 cm³/mol. The first kappa shape index (κ1) is 15.9. The minimum Gasteiger partial charge on any atom is -0.421 e. The van der Waals surface area contributed by atoms with E-state index < -0.39 is 5.82 Å². The number of halogens is 2. The summed E-state index contributed by atoms with van der Waals surface area (Å²) in [4.78, 5) is 8.38. The van der Waals surface area contributed by atoms with Gasteiger partial charge >= 0.3 is 6.01 Å². The second kappa shape index (κ2) is 7.47. The minimum absolute atomic E-state index is 0.106. The summed E-state index contributed by atoms with van der Waals surface area (Å²) < 4.78 is 19.7. The smallest absolute Gasteiger partial charge is 0.322 e. The number of aryl methyl sites for hydroxylation is 1. The van der Waals surface area contributed by atoms with Crippen molar-refractivity contribution in [3.63, 3.8) is 0 Å². The van der Waals surface area contributed by atoms with Crippen LogP contribution in [0.25, 0.3) is 0 Å². The zero-order chi connectivity index (χ0) is 15.2. The van der Waals surface area contributed by atoms with Gasteiger partial charge in [-0.1, -0.05) is 22.9 Å². The Labute approximate surface area is 131 Å². The Balaban J connectivity index is 2.09. The standard InChI is InChI=1S/C15H17BrFN3O/c1-3-6-18-8-11-9-19-15(20-10(11)2)21-14-5-4-12(16)7-13(14)17/h4-5,7,9,18H,3,6,8H2,1-2H3. The zero-order valence-corrected chi connectivity index (χ0v) is 13.6. The lowest BCUT2D eigenvalue weighted by molar-refractivity contribution is 0.409. The lowest BCUT2D eigenvalue weighted by Gasteiger charge is -2.09. The number of benzene rings is 1. The maximum absolute atomic E-state index is 13.7. The molecule has 0 atom stereocenters. The van der Waals surface area contributed by atoms with E-state index in [1.54, 1.807) is 12.3 Å². The van der Waals surface area contributed by atoms with Gasteiger partial charge in [0.15, 0.2) is 11.6 Å². The van der Waals surface area contributed by atoms with Gasteiger partial charge in [-0.25, -0.2) is 9.37 Å². The first-order valence-electron chi connectivity index (χ1n) is 6.76. The average molecular weight is 354 g/mol. The summed E-state index contributed by atoms with van der Waals surface area (Å²) in [5.41, 5.74) is 1.83. The maximum Gasteiger partial charge on any atom is 0.322 e. The Bertz CT molecular complexity index is 622. The normalized spacial score (nSPS) is 10.7. The van der Waals surface area contributed by atoms with Crippen molar-refractivity contribution in [3.8, 4) is 11.8 Å². The molecule has 0 radical (unpaired) electrons. The highest BCUT2D eigenvalue weighted by atomic mass is 79.9. The van der Waals surface area contributed by atoms with E-state index in [1.165, 1.54) is 12.1 Å². The highest BCUT2D eigenvalue weighted by molar-refractivity contribution is 9.10. The van der Waals surface area contributed by atoms with Gasteiger partial charge < -0.3 is 10.1 Å². The van der Waals surface area contributed by atoms with E-state index in [2.05, 4.69) is 38.1 Å². The van der Waals surface area contributed by atoms with Crippen molar-refractivity contribution in [2.45, 2.75) is 26.8 Å². The molecular formula is C15H17BrFN3O. The van der Waals surface area contributed by atoms with Gasteiger partial charge in [-0.15, -0.1) is 0 Å². The van der Waals surface area contributed by atoms with Gasteiger partial charge in [0.2, 0.25) is 0 Å². The van der Waals surface area contributed by atoms with Crippen LogP contribution in [0.5, 0.6) is 11.8 Å². The van der Waals surface area contributed by atoms with Crippen molar-refractivity contribution in [2.75, 3.05) is 6.54 Å². The molecule has 0 aliphatic heterocycles. The van der Waals surface area contributed by atoms with Crippen molar-refractivity contribution in [3.05, 3.63) is 45.9 Å². The molecule has 1 aromatic carbocycles. The molecular weight excluding hydrogens is 337 g/mol. The van der Waals surface area contributed by atoms with Crippen LogP contribution in [-0.2, 0) is 6.54 Å². The monoisotopic (exact) mass is 353 g/mol. The molecule has 0 bridgehead atoms.